The van der Waals surface area contributed by atoms with Gasteiger partial charge in [0.05, 0.1) is 16.8 Å². The van der Waals surface area contributed by atoms with Gasteiger partial charge in [0, 0.05) is 18.6 Å². The van der Waals surface area contributed by atoms with E-state index in [1.165, 1.54) is 0 Å². The standard InChI is InChI=1S/C17H15ClN4O/c1-12(13-6-9-19-10-7-13)20-17(23)15-8-11-22(21-15)16-5-3-2-4-14(16)18/h2-12H,1H3,(H,20,23)/t12-/m1/s1. The topological polar surface area (TPSA) is 59.8 Å². The van der Waals surface area contributed by atoms with Crippen LogP contribution in [0.1, 0.15) is 29.0 Å². The van der Waals surface area contributed by atoms with Crippen LogP contribution >= 0.6 is 11.6 Å². The van der Waals surface area contributed by atoms with Gasteiger partial charge >= 0.3 is 0 Å². The average Bonchev–Trinajstić information content (AvgIpc) is 3.06. The van der Waals surface area contributed by atoms with E-state index in [-0.39, 0.29) is 11.9 Å². The minimum absolute atomic E-state index is 0.129. The number of benzene rings is 1. The summed E-state index contributed by atoms with van der Waals surface area (Å²) in [7, 11) is 0. The third-order valence-electron chi connectivity index (χ3n) is 3.47. The number of rotatable bonds is 4. The Morgan fingerprint density at radius 2 is 1.91 bits per heavy atom. The number of para-hydroxylation sites is 1. The van der Waals surface area contributed by atoms with Crippen molar-refractivity contribution < 1.29 is 4.79 Å². The number of carbonyl (C=O) groups excluding carboxylic acids is 1. The molecule has 0 bridgehead atoms. The molecule has 0 spiro atoms. The Labute approximate surface area is 138 Å². The lowest BCUT2D eigenvalue weighted by atomic mass is 10.1. The van der Waals surface area contributed by atoms with Crippen molar-refractivity contribution in [1.29, 1.82) is 0 Å². The van der Waals surface area contributed by atoms with Gasteiger partial charge < -0.3 is 5.32 Å². The highest BCUT2D eigenvalue weighted by Gasteiger charge is 2.14. The molecule has 23 heavy (non-hydrogen) atoms. The van der Waals surface area contributed by atoms with E-state index >= 15 is 0 Å². The van der Waals surface area contributed by atoms with E-state index in [9.17, 15) is 4.79 Å². The van der Waals surface area contributed by atoms with Gasteiger partial charge in [-0.25, -0.2) is 4.68 Å². The highest BCUT2D eigenvalue weighted by atomic mass is 35.5. The van der Waals surface area contributed by atoms with E-state index in [1.54, 1.807) is 35.4 Å². The molecule has 1 N–H and O–H groups in total. The molecule has 5 nitrogen and oxygen atoms in total. The predicted molar refractivity (Wildman–Crippen MR) is 88.7 cm³/mol. The lowest BCUT2D eigenvalue weighted by Crippen LogP contribution is -2.27. The molecule has 2 aromatic heterocycles. The number of hydrogen-bond acceptors (Lipinski definition) is 3. The minimum atomic E-state index is -0.236. The van der Waals surface area contributed by atoms with Crippen LogP contribution < -0.4 is 5.32 Å². The smallest absolute Gasteiger partial charge is 0.272 e. The van der Waals surface area contributed by atoms with Crippen LogP contribution in [0.2, 0.25) is 5.02 Å². The highest BCUT2D eigenvalue weighted by molar-refractivity contribution is 6.32. The number of nitrogens with one attached hydrogen (secondary N) is 1. The number of amides is 1. The fourth-order valence-electron chi connectivity index (χ4n) is 2.22. The fourth-order valence-corrected chi connectivity index (χ4v) is 2.45. The average molecular weight is 327 g/mol. The van der Waals surface area contributed by atoms with E-state index in [4.69, 9.17) is 11.6 Å². The molecule has 6 heteroatoms. The van der Waals surface area contributed by atoms with Crippen molar-refractivity contribution in [3.63, 3.8) is 0 Å². The van der Waals surface area contributed by atoms with Crippen LogP contribution in [0.3, 0.4) is 0 Å². The Balaban J connectivity index is 1.75. The van der Waals surface area contributed by atoms with Crippen LogP contribution in [0.5, 0.6) is 0 Å². The van der Waals surface area contributed by atoms with Crippen LogP contribution in [0.15, 0.2) is 61.1 Å². The molecule has 0 aliphatic carbocycles. The van der Waals surface area contributed by atoms with Crippen molar-refractivity contribution in [1.82, 2.24) is 20.1 Å². The van der Waals surface area contributed by atoms with Gasteiger partial charge in [-0.1, -0.05) is 23.7 Å². The zero-order valence-corrected chi connectivity index (χ0v) is 13.2. The third kappa shape index (κ3) is 3.40. The predicted octanol–water partition coefficient (Wildman–Crippen LogP) is 3.41. The first-order chi connectivity index (χ1) is 11.1. The van der Waals surface area contributed by atoms with Gasteiger partial charge in [-0.15, -0.1) is 0 Å². The summed E-state index contributed by atoms with van der Waals surface area (Å²) in [5.74, 6) is -0.236. The Morgan fingerprint density at radius 3 is 2.65 bits per heavy atom. The molecular formula is C17H15ClN4O. The van der Waals surface area contributed by atoms with E-state index in [1.807, 2.05) is 37.3 Å². The maximum atomic E-state index is 12.3. The molecular weight excluding hydrogens is 312 g/mol. The molecule has 0 aliphatic heterocycles. The van der Waals surface area contributed by atoms with E-state index < -0.39 is 0 Å². The minimum Gasteiger partial charge on any atom is -0.344 e. The van der Waals surface area contributed by atoms with Crippen LogP contribution in [0.4, 0.5) is 0 Å². The van der Waals surface area contributed by atoms with Crippen molar-refractivity contribution in [3.05, 3.63) is 77.3 Å². The summed E-state index contributed by atoms with van der Waals surface area (Å²) >= 11 is 6.14. The lowest BCUT2D eigenvalue weighted by molar-refractivity contribution is 0.0934. The second-order valence-corrected chi connectivity index (χ2v) is 5.48. The number of aromatic nitrogens is 3. The van der Waals surface area contributed by atoms with Gasteiger partial charge in [-0.05, 0) is 42.8 Å². The highest BCUT2D eigenvalue weighted by Crippen LogP contribution is 2.19. The second kappa shape index (κ2) is 6.62. The quantitative estimate of drug-likeness (QED) is 0.799. The Kier molecular flexibility index (Phi) is 4.39. The summed E-state index contributed by atoms with van der Waals surface area (Å²) in [5.41, 5.74) is 2.06. The maximum Gasteiger partial charge on any atom is 0.272 e. The molecule has 0 radical (unpaired) electrons. The first-order valence-corrected chi connectivity index (χ1v) is 7.54. The van der Waals surface area contributed by atoms with Crippen molar-refractivity contribution in [2.75, 3.05) is 0 Å². The van der Waals surface area contributed by atoms with Crippen LogP contribution in [0, 0.1) is 0 Å². The molecule has 116 valence electrons. The van der Waals surface area contributed by atoms with E-state index in [2.05, 4.69) is 15.4 Å². The molecule has 1 amide bonds. The summed E-state index contributed by atoms with van der Waals surface area (Å²) in [6, 6.07) is 12.6. The van der Waals surface area contributed by atoms with Crippen LogP contribution in [0.25, 0.3) is 5.69 Å². The first-order valence-electron chi connectivity index (χ1n) is 7.16. The van der Waals surface area contributed by atoms with Crippen LogP contribution in [-0.2, 0) is 0 Å². The molecule has 0 aliphatic rings. The maximum absolute atomic E-state index is 12.3. The van der Waals surface area contributed by atoms with Crippen molar-refractivity contribution in [2.24, 2.45) is 0 Å². The normalized spacial score (nSPS) is 11.9. The first kappa shape index (κ1) is 15.2. The number of carbonyl (C=O) groups is 1. The molecule has 2 heterocycles. The van der Waals surface area contributed by atoms with Crippen molar-refractivity contribution in [2.45, 2.75) is 13.0 Å². The van der Waals surface area contributed by atoms with Gasteiger partial charge in [0.25, 0.3) is 5.91 Å². The second-order valence-electron chi connectivity index (χ2n) is 5.07. The molecule has 3 rings (SSSR count). The Bertz CT molecular complexity index is 816. The third-order valence-corrected chi connectivity index (χ3v) is 3.79. The fraction of sp³-hybridized carbons (Fsp3) is 0.118. The van der Waals surface area contributed by atoms with Gasteiger partial charge in [0.2, 0.25) is 0 Å². The molecule has 1 atom stereocenters. The number of halogens is 1. The molecule has 3 aromatic rings. The van der Waals surface area contributed by atoms with E-state index in [0.717, 1.165) is 11.3 Å². The van der Waals surface area contributed by atoms with Crippen molar-refractivity contribution >= 4 is 17.5 Å². The number of nitrogens with zero attached hydrogens (tertiary/aromatic N) is 3. The van der Waals surface area contributed by atoms with Crippen molar-refractivity contribution in [3.8, 4) is 5.69 Å². The zero-order valence-electron chi connectivity index (χ0n) is 12.5. The summed E-state index contributed by atoms with van der Waals surface area (Å²) < 4.78 is 1.59. The Hall–Kier alpha value is -2.66. The molecule has 0 saturated heterocycles. The van der Waals surface area contributed by atoms with Gasteiger partial charge in [-0.3, -0.25) is 9.78 Å². The Morgan fingerprint density at radius 1 is 1.17 bits per heavy atom. The number of pyridine rings is 1. The van der Waals surface area contributed by atoms with E-state index in [0.29, 0.717) is 10.7 Å². The van der Waals surface area contributed by atoms with Gasteiger partial charge in [-0.2, -0.15) is 5.10 Å². The van der Waals surface area contributed by atoms with Crippen LogP contribution in [-0.4, -0.2) is 20.7 Å². The summed E-state index contributed by atoms with van der Waals surface area (Å²) in [4.78, 5) is 16.3. The monoisotopic (exact) mass is 326 g/mol. The largest absolute Gasteiger partial charge is 0.344 e. The molecule has 1 aromatic carbocycles. The molecule has 0 saturated carbocycles. The SMILES string of the molecule is C[C@@H](NC(=O)c1ccn(-c2ccccc2Cl)n1)c1ccncc1. The molecule has 0 fully saturated rings. The lowest BCUT2D eigenvalue weighted by Gasteiger charge is -2.12. The summed E-state index contributed by atoms with van der Waals surface area (Å²) in [6.45, 7) is 1.91. The van der Waals surface area contributed by atoms with Gasteiger partial charge in [0.15, 0.2) is 5.69 Å². The summed E-state index contributed by atoms with van der Waals surface area (Å²) in [5, 5.41) is 7.79. The number of hydrogen-bond donors (Lipinski definition) is 1. The molecule has 0 unspecified atom stereocenters. The summed E-state index contributed by atoms with van der Waals surface area (Å²) in [6.07, 6.45) is 5.11. The zero-order chi connectivity index (χ0) is 16.2. The van der Waals surface area contributed by atoms with Gasteiger partial charge in [0.1, 0.15) is 0 Å².